The van der Waals surface area contributed by atoms with E-state index in [1.165, 1.54) is 6.92 Å². The molecule has 0 fully saturated rings. The maximum Gasteiger partial charge on any atom is 0.257 e. The second kappa shape index (κ2) is 5.11. The summed E-state index contributed by atoms with van der Waals surface area (Å²) < 4.78 is -1.46. The van der Waals surface area contributed by atoms with Crippen molar-refractivity contribution in [1.29, 1.82) is 0 Å². The number of halogens is 2. The lowest BCUT2D eigenvalue weighted by Crippen LogP contribution is -2.47. The molecule has 0 aliphatic carbocycles. The molecule has 17 heavy (non-hydrogen) atoms. The van der Waals surface area contributed by atoms with Crippen molar-refractivity contribution in [3.05, 3.63) is 48.6 Å². The SMILES string of the molecule is C=CC(C)(NC(=O)C(C)(Cl)Cl)c1ccccc1. The third-order valence-corrected chi connectivity index (χ3v) is 2.90. The van der Waals surface area contributed by atoms with Gasteiger partial charge in [-0.1, -0.05) is 59.6 Å². The third kappa shape index (κ3) is 3.48. The monoisotopic (exact) mass is 271 g/mol. The summed E-state index contributed by atoms with van der Waals surface area (Å²) in [7, 11) is 0. The second-order valence-corrected chi connectivity index (χ2v) is 5.82. The van der Waals surface area contributed by atoms with E-state index >= 15 is 0 Å². The molecule has 1 unspecified atom stereocenters. The Morgan fingerprint density at radius 2 is 1.82 bits per heavy atom. The van der Waals surface area contributed by atoms with Gasteiger partial charge in [0.1, 0.15) is 0 Å². The molecular formula is C13H15Cl2NO. The van der Waals surface area contributed by atoms with Crippen LogP contribution in [0.2, 0.25) is 0 Å². The molecule has 0 aliphatic rings. The summed E-state index contributed by atoms with van der Waals surface area (Å²) in [4.78, 5) is 11.8. The van der Waals surface area contributed by atoms with Crippen molar-refractivity contribution in [2.75, 3.05) is 0 Å². The molecule has 1 atom stereocenters. The van der Waals surface area contributed by atoms with Crippen LogP contribution >= 0.6 is 23.2 Å². The van der Waals surface area contributed by atoms with Crippen LogP contribution in [0.5, 0.6) is 0 Å². The molecule has 92 valence electrons. The van der Waals surface area contributed by atoms with Gasteiger partial charge in [-0.3, -0.25) is 4.79 Å². The molecule has 1 aromatic rings. The molecule has 0 spiro atoms. The van der Waals surface area contributed by atoms with Crippen molar-refractivity contribution >= 4 is 29.1 Å². The Bertz CT molecular complexity index is 411. The minimum atomic E-state index is -1.46. The maximum atomic E-state index is 11.8. The highest BCUT2D eigenvalue weighted by Crippen LogP contribution is 2.26. The van der Waals surface area contributed by atoms with E-state index in [1.54, 1.807) is 6.08 Å². The van der Waals surface area contributed by atoms with Gasteiger partial charge in [0.2, 0.25) is 0 Å². The number of alkyl halides is 2. The van der Waals surface area contributed by atoms with Gasteiger partial charge in [-0.25, -0.2) is 0 Å². The van der Waals surface area contributed by atoms with Gasteiger partial charge in [0, 0.05) is 0 Å². The first-order chi connectivity index (χ1) is 7.79. The molecule has 0 radical (unpaired) electrons. The molecule has 1 amide bonds. The Morgan fingerprint density at radius 3 is 2.24 bits per heavy atom. The fourth-order valence-electron chi connectivity index (χ4n) is 1.37. The first-order valence-corrected chi connectivity index (χ1v) is 5.95. The normalized spacial score (nSPS) is 14.8. The van der Waals surface area contributed by atoms with Crippen molar-refractivity contribution in [3.63, 3.8) is 0 Å². The molecule has 1 rings (SSSR count). The van der Waals surface area contributed by atoms with Crippen LogP contribution in [0.3, 0.4) is 0 Å². The van der Waals surface area contributed by atoms with Gasteiger partial charge in [-0.15, -0.1) is 6.58 Å². The molecule has 1 aromatic carbocycles. The number of hydrogen-bond acceptors (Lipinski definition) is 1. The van der Waals surface area contributed by atoms with Gasteiger partial charge >= 0.3 is 0 Å². The smallest absolute Gasteiger partial charge is 0.257 e. The largest absolute Gasteiger partial charge is 0.341 e. The van der Waals surface area contributed by atoms with Crippen LogP contribution in [-0.2, 0) is 10.3 Å². The molecule has 2 nitrogen and oxygen atoms in total. The Kier molecular flexibility index (Phi) is 4.23. The Hall–Kier alpha value is -0.990. The second-order valence-electron chi connectivity index (χ2n) is 4.11. The fourth-order valence-corrected chi connectivity index (χ4v) is 1.47. The van der Waals surface area contributed by atoms with E-state index in [-0.39, 0.29) is 0 Å². The molecule has 4 heteroatoms. The highest BCUT2D eigenvalue weighted by molar-refractivity contribution is 6.57. The van der Waals surface area contributed by atoms with Gasteiger partial charge in [0.05, 0.1) is 5.54 Å². The Balaban J connectivity index is 2.99. The lowest BCUT2D eigenvalue weighted by atomic mass is 9.92. The highest BCUT2D eigenvalue weighted by atomic mass is 35.5. The maximum absolute atomic E-state index is 11.8. The lowest BCUT2D eigenvalue weighted by molar-refractivity contribution is -0.122. The molecule has 0 saturated heterocycles. The van der Waals surface area contributed by atoms with Gasteiger partial charge in [0.25, 0.3) is 5.91 Å². The van der Waals surface area contributed by atoms with E-state index in [0.717, 1.165) is 5.56 Å². The van der Waals surface area contributed by atoms with Crippen LogP contribution < -0.4 is 5.32 Å². The molecule has 0 saturated carbocycles. The van der Waals surface area contributed by atoms with Crippen molar-refractivity contribution in [1.82, 2.24) is 5.32 Å². The topological polar surface area (TPSA) is 29.1 Å². The van der Waals surface area contributed by atoms with Gasteiger partial charge in [-0.05, 0) is 19.4 Å². The molecular weight excluding hydrogens is 257 g/mol. The van der Waals surface area contributed by atoms with E-state index in [2.05, 4.69) is 11.9 Å². The number of carbonyl (C=O) groups is 1. The third-order valence-electron chi connectivity index (χ3n) is 2.55. The Labute approximate surface area is 112 Å². The van der Waals surface area contributed by atoms with E-state index in [0.29, 0.717) is 0 Å². The van der Waals surface area contributed by atoms with Crippen molar-refractivity contribution in [2.45, 2.75) is 23.7 Å². The number of nitrogens with one attached hydrogen (secondary N) is 1. The summed E-state index contributed by atoms with van der Waals surface area (Å²) in [5.41, 5.74) is 0.226. The number of rotatable bonds is 4. The molecule has 0 bridgehead atoms. The number of amides is 1. The molecule has 0 aromatic heterocycles. The van der Waals surface area contributed by atoms with Crippen molar-refractivity contribution in [3.8, 4) is 0 Å². The number of benzene rings is 1. The quantitative estimate of drug-likeness (QED) is 0.660. The molecule has 0 aliphatic heterocycles. The Morgan fingerprint density at radius 1 is 1.29 bits per heavy atom. The number of carbonyl (C=O) groups excluding carboxylic acids is 1. The van der Waals surface area contributed by atoms with Gasteiger partial charge in [0.15, 0.2) is 4.33 Å². The minimum absolute atomic E-state index is 0.452. The predicted molar refractivity (Wildman–Crippen MR) is 72.2 cm³/mol. The summed E-state index contributed by atoms with van der Waals surface area (Å²) in [6.07, 6.45) is 1.65. The van der Waals surface area contributed by atoms with E-state index in [1.807, 2.05) is 37.3 Å². The van der Waals surface area contributed by atoms with E-state index in [9.17, 15) is 4.79 Å². The summed E-state index contributed by atoms with van der Waals surface area (Å²) in [6.45, 7) is 7.01. The predicted octanol–water partition coefficient (Wildman–Crippen LogP) is 3.40. The van der Waals surface area contributed by atoms with Crippen LogP contribution in [0.4, 0.5) is 0 Å². The summed E-state index contributed by atoms with van der Waals surface area (Å²) in [6, 6.07) is 9.50. The summed E-state index contributed by atoms with van der Waals surface area (Å²) in [5.74, 6) is -0.452. The zero-order valence-corrected chi connectivity index (χ0v) is 11.3. The number of hydrogen-bond donors (Lipinski definition) is 1. The zero-order valence-electron chi connectivity index (χ0n) is 9.84. The molecule has 1 N–H and O–H groups in total. The fraction of sp³-hybridized carbons (Fsp3) is 0.308. The van der Waals surface area contributed by atoms with Crippen molar-refractivity contribution < 1.29 is 4.79 Å². The average molecular weight is 272 g/mol. The van der Waals surface area contributed by atoms with Crippen LogP contribution in [-0.4, -0.2) is 10.2 Å². The van der Waals surface area contributed by atoms with Crippen LogP contribution in [0.25, 0.3) is 0 Å². The lowest BCUT2D eigenvalue weighted by Gasteiger charge is -2.30. The zero-order chi connectivity index (χ0) is 13.1. The van der Waals surface area contributed by atoms with Gasteiger partial charge < -0.3 is 5.32 Å². The van der Waals surface area contributed by atoms with E-state index < -0.39 is 15.8 Å². The van der Waals surface area contributed by atoms with Crippen LogP contribution in [0, 0.1) is 0 Å². The average Bonchev–Trinajstić information content (AvgIpc) is 2.28. The standard InChI is InChI=1S/C13H15Cl2NO/c1-4-12(2,10-8-6-5-7-9-10)16-11(17)13(3,14)15/h4-9H,1H2,2-3H3,(H,16,17). The first kappa shape index (κ1) is 14.1. The molecule has 0 heterocycles. The summed E-state index contributed by atoms with van der Waals surface area (Å²) in [5, 5.41) is 2.78. The van der Waals surface area contributed by atoms with Crippen LogP contribution in [0.1, 0.15) is 19.4 Å². The summed E-state index contributed by atoms with van der Waals surface area (Å²) >= 11 is 11.5. The van der Waals surface area contributed by atoms with E-state index in [4.69, 9.17) is 23.2 Å². The highest BCUT2D eigenvalue weighted by Gasteiger charge is 2.33. The van der Waals surface area contributed by atoms with Gasteiger partial charge in [-0.2, -0.15) is 0 Å². The minimum Gasteiger partial charge on any atom is -0.341 e. The van der Waals surface area contributed by atoms with Crippen molar-refractivity contribution in [2.24, 2.45) is 0 Å². The first-order valence-electron chi connectivity index (χ1n) is 5.19. The van der Waals surface area contributed by atoms with Crippen LogP contribution in [0.15, 0.2) is 43.0 Å².